The van der Waals surface area contributed by atoms with Crippen LogP contribution in [0.4, 0.5) is 0 Å². The third-order valence-corrected chi connectivity index (χ3v) is 3.56. The number of carbonyl (C=O) groups excluding carboxylic acids is 1. The van der Waals surface area contributed by atoms with Crippen LogP contribution in [0.2, 0.25) is 0 Å². The largest absolute Gasteiger partial charge is 0.465 e. The van der Waals surface area contributed by atoms with E-state index in [0.717, 1.165) is 11.4 Å². The van der Waals surface area contributed by atoms with E-state index in [9.17, 15) is 4.79 Å². The summed E-state index contributed by atoms with van der Waals surface area (Å²) >= 11 is 0. The highest BCUT2D eigenvalue weighted by Crippen LogP contribution is 2.25. The van der Waals surface area contributed by atoms with Gasteiger partial charge in [0, 0.05) is 11.4 Å². The second kappa shape index (κ2) is 5.31. The molecule has 0 fully saturated rings. The Kier molecular flexibility index (Phi) is 3.74. The van der Waals surface area contributed by atoms with E-state index in [0.29, 0.717) is 5.56 Å². The van der Waals surface area contributed by atoms with Crippen LogP contribution in [0, 0.1) is 13.8 Å². The molecule has 1 aromatic heterocycles. The molecule has 0 amide bonds. The normalized spacial score (nSPS) is 12.2. The first-order chi connectivity index (χ1) is 9.06. The fourth-order valence-corrected chi connectivity index (χ4v) is 2.57. The molecule has 1 aromatic carbocycles. The van der Waals surface area contributed by atoms with Gasteiger partial charge >= 0.3 is 5.97 Å². The van der Waals surface area contributed by atoms with Crippen molar-refractivity contribution in [3.63, 3.8) is 0 Å². The van der Waals surface area contributed by atoms with Crippen molar-refractivity contribution in [3.8, 4) is 0 Å². The number of hydrogen-bond donors (Lipinski definition) is 0. The average molecular weight is 257 g/mol. The predicted octanol–water partition coefficient (Wildman–Crippen LogP) is 3.50. The van der Waals surface area contributed by atoms with Crippen LogP contribution in [0.25, 0.3) is 0 Å². The maximum Gasteiger partial charge on any atom is 0.339 e. The highest BCUT2D eigenvalue weighted by molar-refractivity contribution is 5.91. The molecule has 3 heteroatoms. The van der Waals surface area contributed by atoms with Crippen LogP contribution in [0.15, 0.2) is 36.4 Å². The van der Waals surface area contributed by atoms with Crippen molar-refractivity contribution in [1.82, 2.24) is 4.57 Å². The van der Waals surface area contributed by atoms with Gasteiger partial charge in [0.25, 0.3) is 0 Å². The van der Waals surface area contributed by atoms with E-state index in [1.165, 1.54) is 12.7 Å². The van der Waals surface area contributed by atoms with Crippen molar-refractivity contribution < 1.29 is 9.53 Å². The molecule has 1 atom stereocenters. The zero-order valence-electron chi connectivity index (χ0n) is 11.8. The third-order valence-electron chi connectivity index (χ3n) is 3.56. The summed E-state index contributed by atoms with van der Waals surface area (Å²) in [4.78, 5) is 11.7. The summed E-state index contributed by atoms with van der Waals surface area (Å²) in [6.07, 6.45) is 0. The lowest BCUT2D eigenvalue weighted by molar-refractivity contribution is 0.0599. The molecule has 19 heavy (non-hydrogen) atoms. The molecular formula is C16H19NO2. The van der Waals surface area contributed by atoms with E-state index in [-0.39, 0.29) is 12.0 Å². The number of aromatic nitrogens is 1. The summed E-state index contributed by atoms with van der Waals surface area (Å²) in [6.45, 7) is 6.11. The number of methoxy groups -OCH3 is 1. The average Bonchev–Trinajstić information content (AvgIpc) is 2.73. The molecule has 0 N–H and O–H groups in total. The van der Waals surface area contributed by atoms with Gasteiger partial charge < -0.3 is 9.30 Å². The van der Waals surface area contributed by atoms with Crippen LogP contribution in [0.3, 0.4) is 0 Å². The zero-order valence-corrected chi connectivity index (χ0v) is 11.8. The van der Waals surface area contributed by atoms with Crippen molar-refractivity contribution in [1.29, 1.82) is 0 Å². The Labute approximate surface area is 113 Å². The zero-order chi connectivity index (χ0) is 14.0. The summed E-state index contributed by atoms with van der Waals surface area (Å²) in [7, 11) is 1.41. The lowest BCUT2D eigenvalue weighted by atomic mass is 10.1. The first-order valence-corrected chi connectivity index (χ1v) is 6.38. The quantitative estimate of drug-likeness (QED) is 0.788. The number of hydrogen-bond acceptors (Lipinski definition) is 2. The predicted molar refractivity (Wildman–Crippen MR) is 75.5 cm³/mol. The van der Waals surface area contributed by atoms with Crippen molar-refractivity contribution in [2.75, 3.05) is 7.11 Å². The molecule has 2 rings (SSSR count). The van der Waals surface area contributed by atoms with Gasteiger partial charge in [-0.2, -0.15) is 0 Å². The van der Waals surface area contributed by atoms with Gasteiger partial charge in [0.15, 0.2) is 0 Å². The van der Waals surface area contributed by atoms with E-state index in [2.05, 4.69) is 23.6 Å². The topological polar surface area (TPSA) is 31.2 Å². The van der Waals surface area contributed by atoms with E-state index in [4.69, 9.17) is 4.74 Å². The summed E-state index contributed by atoms with van der Waals surface area (Å²) in [6, 6.07) is 12.3. The van der Waals surface area contributed by atoms with Crippen LogP contribution in [-0.4, -0.2) is 17.6 Å². The minimum absolute atomic E-state index is 0.194. The molecule has 0 aliphatic rings. The summed E-state index contributed by atoms with van der Waals surface area (Å²) < 4.78 is 6.99. The summed E-state index contributed by atoms with van der Waals surface area (Å²) in [5, 5.41) is 0. The van der Waals surface area contributed by atoms with Crippen LogP contribution >= 0.6 is 0 Å². The fraction of sp³-hybridized carbons (Fsp3) is 0.312. The van der Waals surface area contributed by atoms with E-state index < -0.39 is 0 Å². The monoisotopic (exact) mass is 257 g/mol. The minimum Gasteiger partial charge on any atom is -0.465 e. The second-order valence-electron chi connectivity index (χ2n) is 4.73. The molecular weight excluding hydrogens is 238 g/mol. The van der Waals surface area contributed by atoms with Crippen LogP contribution in [-0.2, 0) is 4.74 Å². The molecule has 2 aromatic rings. The molecule has 0 saturated carbocycles. The molecule has 0 aliphatic carbocycles. The highest BCUT2D eigenvalue weighted by Gasteiger charge is 2.19. The molecule has 0 saturated heterocycles. The standard InChI is InChI=1S/C16H19NO2/c1-11-10-15(16(18)19-4)13(3)17(11)12(2)14-8-6-5-7-9-14/h5-10,12H,1-4H3/t12-/m0/s1. The van der Waals surface area contributed by atoms with Crippen molar-refractivity contribution in [2.45, 2.75) is 26.8 Å². The Balaban J connectivity index is 2.46. The van der Waals surface area contributed by atoms with Crippen LogP contribution in [0.1, 0.15) is 40.3 Å². The van der Waals surface area contributed by atoms with Crippen LogP contribution < -0.4 is 0 Å². The molecule has 3 nitrogen and oxygen atoms in total. The van der Waals surface area contributed by atoms with Gasteiger partial charge in [-0.05, 0) is 32.4 Å². The number of ether oxygens (including phenoxy) is 1. The Bertz CT molecular complexity index is 584. The van der Waals surface area contributed by atoms with Gasteiger partial charge in [0.2, 0.25) is 0 Å². The van der Waals surface area contributed by atoms with Crippen molar-refractivity contribution in [2.24, 2.45) is 0 Å². The number of nitrogens with zero attached hydrogens (tertiary/aromatic N) is 1. The molecule has 0 radical (unpaired) electrons. The maximum absolute atomic E-state index is 11.7. The van der Waals surface area contributed by atoms with Gasteiger partial charge in [0.05, 0.1) is 18.7 Å². The van der Waals surface area contributed by atoms with Crippen LogP contribution in [0.5, 0.6) is 0 Å². The number of benzene rings is 1. The summed E-state index contributed by atoms with van der Waals surface area (Å²) in [5.74, 6) is -0.278. The highest BCUT2D eigenvalue weighted by atomic mass is 16.5. The SMILES string of the molecule is COC(=O)c1cc(C)n([C@@H](C)c2ccccc2)c1C. The number of carbonyl (C=O) groups is 1. The summed E-state index contributed by atoms with van der Waals surface area (Å²) in [5.41, 5.74) is 3.87. The molecule has 1 heterocycles. The fourth-order valence-electron chi connectivity index (χ4n) is 2.57. The van der Waals surface area contributed by atoms with Gasteiger partial charge in [0.1, 0.15) is 0 Å². The smallest absolute Gasteiger partial charge is 0.339 e. The van der Waals surface area contributed by atoms with E-state index >= 15 is 0 Å². The minimum atomic E-state index is -0.278. The lowest BCUT2D eigenvalue weighted by Crippen LogP contribution is -2.11. The van der Waals surface area contributed by atoms with E-state index in [1.807, 2.05) is 38.1 Å². The molecule has 0 bridgehead atoms. The number of aryl methyl sites for hydroxylation is 1. The lowest BCUT2D eigenvalue weighted by Gasteiger charge is -2.19. The Morgan fingerprint density at radius 2 is 1.84 bits per heavy atom. The molecule has 0 unspecified atom stereocenters. The Morgan fingerprint density at radius 3 is 2.42 bits per heavy atom. The number of rotatable bonds is 3. The number of esters is 1. The Morgan fingerprint density at radius 1 is 1.21 bits per heavy atom. The van der Waals surface area contributed by atoms with Crippen molar-refractivity contribution in [3.05, 3.63) is 58.9 Å². The molecule has 100 valence electrons. The third kappa shape index (κ3) is 2.41. The van der Waals surface area contributed by atoms with E-state index in [1.54, 1.807) is 0 Å². The molecule has 0 spiro atoms. The van der Waals surface area contributed by atoms with Gasteiger partial charge in [-0.3, -0.25) is 0 Å². The Hall–Kier alpha value is -2.03. The molecule has 0 aliphatic heterocycles. The maximum atomic E-state index is 11.7. The van der Waals surface area contributed by atoms with Crippen molar-refractivity contribution >= 4 is 5.97 Å². The first kappa shape index (κ1) is 13.4. The van der Waals surface area contributed by atoms with Gasteiger partial charge in [-0.15, -0.1) is 0 Å². The van der Waals surface area contributed by atoms with Gasteiger partial charge in [-0.1, -0.05) is 30.3 Å². The second-order valence-corrected chi connectivity index (χ2v) is 4.73. The first-order valence-electron chi connectivity index (χ1n) is 6.38. The van der Waals surface area contributed by atoms with Gasteiger partial charge in [-0.25, -0.2) is 4.79 Å².